The molecule has 1 atom stereocenters. The molecule has 1 N–H and O–H groups in total. The molecule has 0 bridgehead atoms. The molecule has 0 aliphatic carbocycles. The topological polar surface area (TPSA) is 66.4 Å². The van der Waals surface area contributed by atoms with E-state index in [4.69, 9.17) is 21.3 Å². The summed E-state index contributed by atoms with van der Waals surface area (Å²) in [5.74, 6) is 0.151. The predicted octanol–water partition coefficient (Wildman–Crippen LogP) is 5.44. The number of pyridine rings is 1. The first-order valence-corrected chi connectivity index (χ1v) is 14.3. The maximum absolute atomic E-state index is 16.5. The van der Waals surface area contributed by atoms with Crippen LogP contribution in [0, 0.1) is 5.82 Å². The Morgan fingerprint density at radius 1 is 1.15 bits per heavy atom. The van der Waals surface area contributed by atoms with Gasteiger partial charge in [-0.25, -0.2) is 4.39 Å². The summed E-state index contributed by atoms with van der Waals surface area (Å²) < 4.78 is 22.8. The third-order valence-corrected chi connectivity index (χ3v) is 9.26. The molecule has 0 spiro atoms. The van der Waals surface area contributed by atoms with Crippen LogP contribution in [0.25, 0.3) is 32.9 Å². The molecule has 5 heterocycles. The van der Waals surface area contributed by atoms with Crippen LogP contribution < -0.4 is 15.0 Å². The fourth-order valence-electron chi connectivity index (χ4n) is 6.84. The van der Waals surface area contributed by atoms with Crippen molar-refractivity contribution in [2.75, 3.05) is 44.7 Å². The Morgan fingerprint density at radius 2 is 1.95 bits per heavy atom. The van der Waals surface area contributed by atoms with Gasteiger partial charge < -0.3 is 15.0 Å². The van der Waals surface area contributed by atoms with E-state index in [9.17, 15) is 0 Å². The minimum absolute atomic E-state index is 0.0431. The van der Waals surface area contributed by atoms with Gasteiger partial charge in [-0.05, 0) is 63.2 Å². The lowest BCUT2D eigenvalue weighted by molar-refractivity contribution is 0.108. The highest BCUT2D eigenvalue weighted by atomic mass is 35.5. The third-order valence-electron chi connectivity index (χ3n) is 8.95. The lowest BCUT2D eigenvalue weighted by atomic mass is 9.95. The fraction of sp³-hybridized carbons (Fsp3) is 0.433. The lowest BCUT2D eigenvalue weighted by Crippen LogP contribution is -2.43. The molecule has 3 aliphatic heterocycles. The monoisotopic (exact) mass is 546 g/mol. The number of aromatic nitrogens is 3. The number of nitrogens with zero attached hydrogens (tertiary/aromatic N) is 5. The van der Waals surface area contributed by atoms with E-state index >= 15 is 4.39 Å². The van der Waals surface area contributed by atoms with Crippen LogP contribution >= 0.6 is 11.6 Å². The Morgan fingerprint density at radius 3 is 2.72 bits per heavy atom. The van der Waals surface area contributed by atoms with Crippen LogP contribution in [0.1, 0.15) is 32.1 Å². The summed E-state index contributed by atoms with van der Waals surface area (Å²) in [7, 11) is 2.01. The van der Waals surface area contributed by atoms with E-state index in [2.05, 4.69) is 25.1 Å². The molecule has 2 aromatic heterocycles. The smallest absolute Gasteiger partial charge is 0.319 e. The van der Waals surface area contributed by atoms with Gasteiger partial charge in [-0.3, -0.25) is 9.88 Å². The average Bonchev–Trinajstić information content (AvgIpc) is 3.70. The van der Waals surface area contributed by atoms with Gasteiger partial charge in [0.2, 0.25) is 0 Å². The zero-order chi connectivity index (χ0) is 26.6. The highest BCUT2D eigenvalue weighted by Gasteiger charge is 2.45. The first-order valence-electron chi connectivity index (χ1n) is 13.9. The Labute approximate surface area is 232 Å². The van der Waals surface area contributed by atoms with Crippen LogP contribution in [-0.4, -0.2) is 71.3 Å². The van der Waals surface area contributed by atoms with Crippen molar-refractivity contribution in [3.63, 3.8) is 0 Å². The van der Waals surface area contributed by atoms with E-state index in [1.807, 2.05) is 43.4 Å². The second kappa shape index (κ2) is 9.84. The minimum atomic E-state index is -0.493. The van der Waals surface area contributed by atoms with Gasteiger partial charge in [0.05, 0.1) is 10.9 Å². The van der Waals surface area contributed by atoms with Gasteiger partial charge in [-0.2, -0.15) is 9.97 Å². The van der Waals surface area contributed by atoms with Crippen LogP contribution in [0.5, 0.6) is 6.01 Å². The third kappa shape index (κ3) is 4.20. The number of likely N-dealkylation sites (N-methyl/N-ethyl adjacent to an activating group) is 1. The zero-order valence-electron chi connectivity index (χ0n) is 22.1. The molecule has 0 saturated carbocycles. The molecule has 0 amide bonds. The average molecular weight is 547 g/mol. The second-order valence-electron chi connectivity index (χ2n) is 11.1. The standard InChI is InChI=1S/C30H32ClFN6O/c1-37(20-10-13-33-16-20)28-22-17-34-26(21-8-2-6-19-7-3-9-23(31)24(19)21)25(32)27(22)35-29(36-28)39-18-30-11-4-14-38(30)15-5-12-30/h2-3,6-9,17,20,33H,4-5,10-16,18H2,1H3/t20-/m1/s1. The zero-order valence-corrected chi connectivity index (χ0v) is 22.8. The molecular weight excluding hydrogens is 515 g/mol. The van der Waals surface area contributed by atoms with Crippen LogP contribution in [0.3, 0.4) is 0 Å². The normalized spacial score (nSPS) is 20.6. The van der Waals surface area contributed by atoms with E-state index in [0.29, 0.717) is 28.4 Å². The minimum Gasteiger partial charge on any atom is -0.461 e. The Balaban J connectivity index is 1.35. The number of benzene rings is 2. The van der Waals surface area contributed by atoms with Crippen molar-refractivity contribution in [3.05, 3.63) is 53.4 Å². The number of hydrogen-bond donors (Lipinski definition) is 1. The largest absolute Gasteiger partial charge is 0.461 e. The van der Waals surface area contributed by atoms with Crippen LogP contribution in [0.2, 0.25) is 5.02 Å². The van der Waals surface area contributed by atoms with Gasteiger partial charge >= 0.3 is 6.01 Å². The molecule has 7 rings (SSSR count). The number of ether oxygens (including phenoxy) is 1. The number of nitrogens with one attached hydrogen (secondary N) is 1. The molecule has 9 heteroatoms. The summed E-state index contributed by atoms with van der Waals surface area (Å²) in [6.45, 7) is 4.53. The number of hydrogen-bond acceptors (Lipinski definition) is 7. The summed E-state index contributed by atoms with van der Waals surface area (Å²) in [6, 6.07) is 11.9. The van der Waals surface area contributed by atoms with Crippen molar-refractivity contribution in [3.8, 4) is 17.3 Å². The summed E-state index contributed by atoms with van der Waals surface area (Å²) in [4.78, 5) is 18.8. The van der Waals surface area contributed by atoms with Crippen LogP contribution in [-0.2, 0) is 0 Å². The number of fused-ring (bicyclic) bond motifs is 3. The molecule has 202 valence electrons. The number of halogens is 2. The van der Waals surface area contributed by atoms with Crippen molar-refractivity contribution in [1.82, 2.24) is 25.2 Å². The van der Waals surface area contributed by atoms with Gasteiger partial charge in [0.1, 0.15) is 23.6 Å². The molecule has 2 aromatic carbocycles. The molecule has 3 aliphatic rings. The summed E-state index contributed by atoms with van der Waals surface area (Å²) in [5, 5.41) is 6.25. The highest BCUT2D eigenvalue weighted by molar-refractivity contribution is 6.36. The lowest BCUT2D eigenvalue weighted by Gasteiger charge is -2.31. The van der Waals surface area contributed by atoms with Crippen molar-refractivity contribution < 1.29 is 9.13 Å². The van der Waals surface area contributed by atoms with Gasteiger partial charge in [0.25, 0.3) is 0 Å². The van der Waals surface area contributed by atoms with Crippen LogP contribution in [0.15, 0.2) is 42.6 Å². The van der Waals surface area contributed by atoms with E-state index in [-0.39, 0.29) is 28.8 Å². The number of rotatable bonds is 6. The SMILES string of the molecule is CN(c1nc(OCC23CCCN2CCC3)nc2c(F)c(-c3cccc4cccc(Cl)c34)ncc12)[C@@H]1CCNC1. The number of anilines is 1. The van der Waals surface area contributed by atoms with Gasteiger partial charge in [-0.15, -0.1) is 0 Å². The van der Waals surface area contributed by atoms with Crippen molar-refractivity contribution in [2.45, 2.75) is 43.7 Å². The van der Waals surface area contributed by atoms with Gasteiger partial charge in [-0.1, -0.05) is 41.9 Å². The van der Waals surface area contributed by atoms with Crippen molar-refractivity contribution in [1.29, 1.82) is 0 Å². The molecule has 0 unspecified atom stereocenters. The van der Waals surface area contributed by atoms with E-state index in [0.717, 1.165) is 56.2 Å². The van der Waals surface area contributed by atoms with Crippen molar-refractivity contribution in [2.24, 2.45) is 0 Å². The summed E-state index contributed by atoms with van der Waals surface area (Å²) >= 11 is 6.58. The fourth-order valence-corrected chi connectivity index (χ4v) is 7.12. The second-order valence-corrected chi connectivity index (χ2v) is 11.5. The van der Waals surface area contributed by atoms with E-state index < -0.39 is 5.82 Å². The summed E-state index contributed by atoms with van der Waals surface area (Å²) in [5.41, 5.74) is 1.12. The molecule has 7 nitrogen and oxygen atoms in total. The molecular formula is C30H32ClFN6O. The molecule has 39 heavy (non-hydrogen) atoms. The quantitative estimate of drug-likeness (QED) is 0.345. The Kier molecular flexibility index (Phi) is 6.29. The molecule has 4 aromatic rings. The van der Waals surface area contributed by atoms with Crippen LogP contribution in [0.4, 0.5) is 10.2 Å². The molecule has 0 radical (unpaired) electrons. The first kappa shape index (κ1) is 24.9. The van der Waals surface area contributed by atoms with E-state index in [1.54, 1.807) is 6.20 Å². The predicted molar refractivity (Wildman–Crippen MR) is 153 cm³/mol. The first-order chi connectivity index (χ1) is 19.0. The van der Waals surface area contributed by atoms with Crippen molar-refractivity contribution >= 4 is 39.1 Å². The molecule has 3 fully saturated rings. The Hall–Kier alpha value is -3.07. The summed E-state index contributed by atoms with van der Waals surface area (Å²) in [6.07, 6.45) is 7.27. The van der Waals surface area contributed by atoms with Gasteiger partial charge in [0, 0.05) is 41.8 Å². The van der Waals surface area contributed by atoms with E-state index in [1.165, 1.54) is 12.8 Å². The Bertz CT molecular complexity index is 1540. The maximum atomic E-state index is 16.5. The molecule has 3 saturated heterocycles. The highest BCUT2D eigenvalue weighted by Crippen LogP contribution is 2.40. The van der Waals surface area contributed by atoms with Gasteiger partial charge in [0.15, 0.2) is 5.82 Å². The maximum Gasteiger partial charge on any atom is 0.319 e.